The van der Waals surface area contributed by atoms with Crippen molar-refractivity contribution in [3.8, 4) is 0 Å². The van der Waals surface area contributed by atoms with Crippen molar-refractivity contribution in [2.75, 3.05) is 19.6 Å². The van der Waals surface area contributed by atoms with E-state index in [-0.39, 0.29) is 5.69 Å². The standard InChI is InChI=1S/C35H39N5O/c1-20(2)37-24(7)39(30-15-11-9-13-28(30)37)32-19-27-26-18-17-22(5)36-35(26)41-34(27)33(23(32)6)40-25(8)38(21(3)4)29-14-10-12-16-31(29)40/h9-21,24-25H,1-8H3/t24-,25+/m1/s1/i1D3,3D3,4D3,20D,21D/t20?,24-,25+. The minimum atomic E-state index is -3.24. The average Bonchev–Trinajstić information content (AvgIpc) is 3.64. The summed E-state index contributed by atoms with van der Waals surface area (Å²) in [5.74, 6) is 0. The highest BCUT2D eigenvalue weighted by Gasteiger charge is 2.40. The van der Waals surface area contributed by atoms with Crippen molar-refractivity contribution in [1.82, 2.24) is 4.98 Å². The number of rotatable bonds is 4. The fraction of sp³-hybridized carbons (Fsp3) is 0.343. The molecule has 0 saturated carbocycles. The maximum Gasteiger partial charge on any atom is 0.227 e. The van der Waals surface area contributed by atoms with Gasteiger partial charge in [-0.15, -0.1) is 0 Å². The zero-order chi connectivity index (χ0) is 38.1. The van der Waals surface area contributed by atoms with Crippen molar-refractivity contribution in [1.29, 1.82) is 0 Å². The molecule has 2 aliphatic rings. The molecule has 0 fully saturated rings. The number of aromatic nitrogens is 1. The maximum absolute atomic E-state index is 9.24. The fourth-order valence-electron chi connectivity index (χ4n) is 6.67. The Morgan fingerprint density at radius 1 is 0.756 bits per heavy atom. The number of furan rings is 1. The summed E-state index contributed by atoms with van der Waals surface area (Å²) >= 11 is 0. The Kier molecular flexibility index (Phi) is 3.64. The predicted molar refractivity (Wildman–Crippen MR) is 172 cm³/mol. The van der Waals surface area contributed by atoms with Gasteiger partial charge in [0.25, 0.3) is 0 Å². The van der Waals surface area contributed by atoms with E-state index in [1.807, 2.05) is 60.9 Å². The van der Waals surface area contributed by atoms with Gasteiger partial charge in [0, 0.05) is 52.1 Å². The van der Waals surface area contributed by atoms with Crippen LogP contribution in [0.4, 0.5) is 34.1 Å². The normalized spacial score (nSPS) is 25.0. The third-order valence-electron chi connectivity index (χ3n) is 8.37. The van der Waals surface area contributed by atoms with Crippen LogP contribution in [0.25, 0.3) is 22.1 Å². The van der Waals surface area contributed by atoms with E-state index in [0.29, 0.717) is 56.1 Å². The van der Waals surface area contributed by atoms with Crippen LogP contribution in [0, 0.1) is 13.8 Å². The number of anilines is 6. The van der Waals surface area contributed by atoms with Crippen molar-refractivity contribution >= 4 is 56.2 Å². The van der Waals surface area contributed by atoms with Crippen LogP contribution in [0.2, 0.25) is 0 Å². The molecule has 2 aliphatic heterocycles. The van der Waals surface area contributed by atoms with Gasteiger partial charge >= 0.3 is 0 Å². The van der Waals surface area contributed by atoms with E-state index in [4.69, 9.17) is 18.1 Å². The zero-order valence-electron chi connectivity index (χ0n) is 34.6. The van der Waals surface area contributed by atoms with E-state index in [1.54, 1.807) is 48.2 Å². The van der Waals surface area contributed by atoms with E-state index < -0.39 is 44.9 Å². The van der Waals surface area contributed by atoms with Crippen molar-refractivity contribution in [2.45, 2.75) is 79.5 Å². The predicted octanol–water partition coefficient (Wildman–Crippen LogP) is 9.02. The minimum absolute atomic E-state index is 0.258. The molecule has 7 rings (SSSR count). The smallest absolute Gasteiger partial charge is 0.227 e. The first kappa shape index (κ1) is 16.3. The molecule has 2 aromatic heterocycles. The Hall–Kier alpha value is -4.19. The lowest BCUT2D eigenvalue weighted by Crippen LogP contribution is -2.43. The van der Waals surface area contributed by atoms with Gasteiger partial charge in [0.2, 0.25) is 5.71 Å². The van der Waals surface area contributed by atoms with E-state index in [1.165, 1.54) is 6.92 Å². The molecule has 0 amide bonds. The molecule has 5 aromatic rings. The van der Waals surface area contributed by atoms with Gasteiger partial charge in [0.1, 0.15) is 12.3 Å². The first-order valence-electron chi connectivity index (χ1n) is 19.2. The van der Waals surface area contributed by atoms with Gasteiger partial charge < -0.3 is 24.0 Å². The summed E-state index contributed by atoms with van der Waals surface area (Å²) < 4.78 is 99.9. The molecular formula is C35H39N5O. The highest BCUT2D eigenvalue weighted by Crippen LogP contribution is 2.53. The average molecular weight is 557 g/mol. The first-order chi connectivity index (χ1) is 24.0. The fourth-order valence-corrected chi connectivity index (χ4v) is 6.67. The van der Waals surface area contributed by atoms with Crippen LogP contribution in [-0.2, 0) is 0 Å². The second-order valence-corrected chi connectivity index (χ2v) is 10.8. The molecule has 1 unspecified atom stereocenters. The first-order valence-corrected chi connectivity index (χ1v) is 13.7. The van der Waals surface area contributed by atoms with Crippen LogP contribution < -0.4 is 19.6 Å². The molecule has 0 bridgehead atoms. The molecule has 3 aromatic carbocycles. The van der Waals surface area contributed by atoms with Gasteiger partial charge in [-0.05, 0) is 97.6 Å². The van der Waals surface area contributed by atoms with Crippen molar-refractivity contribution in [2.24, 2.45) is 0 Å². The van der Waals surface area contributed by atoms with E-state index in [2.05, 4.69) is 4.98 Å². The Labute approximate surface area is 258 Å². The molecule has 0 spiro atoms. The topological polar surface area (TPSA) is 39.0 Å². The van der Waals surface area contributed by atoms with Crippen LogP contribution in [0.5, 0.6) is 0 Å². The lowest BCUT2D eigenvalue weighted by atomic mass is 10.0. The number of fused-ring (bicyclic) bond motifs is 5. The number of hydrogen-bond donors (Lipinski definition) is 0. The minimum Gasteiger partial charge on any atom is -0.435 e. The lowest BCUT2D eigenvalue weighted by Gasteiger charge is -2.36. The molecule has 0 radical (unpaired) electrons. The van der Waals surface area contributed by atoms with Gasteiger partial charge in [0.15, 0.2) is 5.58 Å². The Bertz CT molecular complexity index is 2210. The van der Waals surface area contributed by atoms with E-state index >= 15 is 0 Å². The Morgan fingerprint density at radius 2 is 1.34 bits per heavy atom. The molecule has 210 valence electrons. The second kappa shape index (κ2) is 9.16. The lowest BCUT2D eigenvalue weighted by molar-refractivity contribution is 0.600. The molecule has 3 atom stereocenters. The highest BCUT2D eigenvalue weighted by atomic mass is 16.3. The van der Waals surface area contributed by atoms with E-state index in [9.17, 15) is 1.37 Å². The van der Waals surface area contributed by atoms with Crippen molar-refractivity contribution in [3.05, 3.63) is 78.0 Å². The number of hydrogen-bond acceptors (Lipinski definition) is 6. The summed E-state index contributed by atoms with van der Waals surface area (Å²) in [5.41, 5.74) is 5.29. The van der Waals surface area contributed by atoms with E-state index in [0.717, 1.165) is 10.6 Å². The third-order valence-corrected chi connectivity index (χ3v) is 8.37. The monoisotopic (exact) mass is 556 g/mol. The molecular weight excluding hydrogens is 506 g/mol. The summed E-state index contributed by atoms with van der Waals surface area (Å²) in [6, 6.07) is 14.8. The van der Waals surface area contributed by atoms with Crippen LogP contribution >= 0.6 is 0 Å². The van der Waals surface area contributed by atoms with Gasteiger partial charge in [-0.1, -0.05) is 24.3 Å². The number of aryl methyl sites for hydroxylation is 1. The molecule has 6 nitrogen and oxygen atoms in total. The molecule has 4 heterocycles. The molecule has 0 aliphatic carbocycles. The number of benzene rings is 3. The van der Waals surface area contributed by atoms with Crippen LogP contribution in [0.3, 0.4) is 0 Å². The van der Waals surface area contributed by atoms with Crippen molar-refractivity contribution in [3.63, 3.8) is 0 Å². The Morgan fingerprint density at radius 3 is 2.00 bits per heavy atom. The van der Waals surface area contributed by atoms with Crippen LogP contribution in [0.1, 0.15) is 67.7 Å². The number of pyridine rings is 1. The second-order valence-electron chi connectivity index (χ2n) is 10.8. The van der Waals surface area contributed by atoms with Gasteiger partial charge in [-0.3, -0.25) is 0 Å². The Balaban J connectivity index is 1.54. The summed E-state index contributed by atoms with van der Waals surface area (Å²) in [6.07, 6.45) is -1.67. The molecule has 0 N–H and O–H groups in total. The van der Waals surface area contributed by atoms with Crippen molar-refractivity contribution < 1.29 is 19.5 Å². The molecule has 0 saturated heterocycles. The van der Waals surface area contributed by atoms with Gasteiger partial charge in [-0.2, -0.15) is 0 Å². The third kappa shape index (κ3) is 3.59. The highest BCUT2D eigenvalue weighted by molar-refractivity contribution is 6.12. The number of nitrogens with zero attached hydrogens (tertiary/aromatic N) is 5. The largest absolute Gasteiger partial charge is 0.435 e. The summed E-state index contributed by atoms with van der Waals surface area (Å²) in [5, 5.41) is 1.36. The quantitative estimate of drug-likeness (QED) is 0.220. The summed E-state index contributed by atoms with van der Waals surface area (Å²) in [6.45, 7) is -0.534. The SMILES string of the molecule is [2H]C([2H])([2H])C([2H])(C)N1c2ccccc2N(c2cc3c(oc4nc(C)ccc43)c(N3c4ccccc4N(C([2H])(C([2H])([2H])[2H])C([2H])([2H])[2H])[C@@H]3C)c2C)[C@@H]1C. The van der Waals surface area contributed by atoms with Gasteiger partial charge in [-0.25, -0.2) is 4.98 Å². The molecule has 41 heavy (non-hydrogen) atoms. The number of para-hydroxylation sites is 4. The van der Waals surface area contributed by atoms with Crippen LogP contribution in [0.15, 0.2) is 71.1 Å². The molecule has 6 heteroatoms. The van der Waals surface area contributed by atoms with Crippen LogP contribution in [-0.4, -0.2) is 29.4 Å². The maximum atomic E-state index is 9.24. The zero-order valence-corrected chi connectivity index (χ0v) is 23.6. The summed E-state index contributed by atoms with van der Waals surface area (Å²) in [4.78, 5) is 11.2. The summed E-state index contributed by atoms with van der Waals surface area (Å²) in [7, 11) is 0. The van der Waals surface area contributed by atoms with Gasteiger partial charge in [0.05, 0.1) is 31.2 Å².